The first-order valence-electron chi connectivity index (χ1n) is 19.2. The van der Waals surface area contributed by atoms with Crippen LogP contribution in [-0.2, 0) is 27.3 Å². The second-order valence-electron chi connectivity index (χ2n) is 13.9. The molecule has 0 unspecified atom stereocenters. The molecule has 0 radical (unpaired) electrons. The summed E-state index contributed by atoms with van der Waals surface area (Å²) >= 11 is 0. The SMILES string of the molecule is CCC(=O)N[C@H]1C[C@@H](n2cnc3c(NCC(c4ccc(OC)c(OC)c4)c4ccc(OC)c(OC)c4)nc(NCCc4cn(CC)cn4)nc32)[C@H](OC(=O)C(F)(F)F)[C@@H]1O. The second-order valence-corrected chi connectivity index (χ2v) is 13.9. The summed E-state index contributed by atoms with van der Waals surface area (Å²) in [5.74, 6) is -0.807. The van der Waals surface area contributed by atoms with Crippen LogP contribution in [0.3, 0.4) is 0 Å². The summed E-state index contributed by atoms with van der Waals surface area (Å²) in [6.45, 7) is 4.93. The molecule has 0 saturated heterocycles. The maximum Gasteiger partial charge on any atom is 0.490 e. The number of methoxy groups -OCH3 is 4. The molecule has 1 saturated carbocycles. The molecular formula is C40H48F3N9O8. The number of benzene rings is 2. The van der Waals surface area contributed by atoms with E-state index in [2.05, 4.69) is 25.9 Å². The number of nitrogens with one attached hydrogen (secondary N) is 3. The number of hydrogen-bond acceptors (Lipinski definition) is 14. The van der Waals surface area contributed by atoms with Gasteiger partial charge in [-0.3, -0.25) is 4.79 Å². The molecule has 1 amide bonds. The number of nitrogens with zero attached hydrogens (tertiary/aromatic N) is 6. The van der Waals surface area contributed by atoms with Gasteiger partial charge >= 0.3 is 12.1 Å². The molecule has 5 aromatic rings. The Balaban J connectivity index is 1.42. The van der Waals surface area contributed by atoms with Gasteiger partial charge in [0.1, 0.15) is 6.10 Å². The van der Waals surface area contributed by atoms with Crippen LogP contribution in [0.1, 0.15) is 55.5 Å². The highest BCUT2D eigenvalue weighted by Gasteiger charge is 2.51. The van der Waals surface area contributed by atoms with Crippen LogP contribution in [0.5, 0.6) is 23.0 Å². The molecular weight excluding hydrogens is 791 g/mol. The van der Waals surface area contributed by atoms with Crippen LogP contribution in [0.2, 0.25) is 0 Å². The van der Waals surface area contributed by atoms with Crippen LogP contribution in [0, 0.1) is 0 Å². The Morgan fingerprint density at radius 1 is 0.900 bits per heavy atom. The fraction of sp³-hybridized carbons (Fsp3) is 0.450. The molecule has 1 aliphatic carbocycles. The third kappa shape index (κ3) is 9.43. The largest absolute Gasteiger partial charge is 0.493 e. The van der Waals surface area contributed by atoms with Crippen molar-refractivity contribution in [3.05, 3.63) is 72.1 Å². The molecule has 2 aromatic carbocycles. The Hall–Kier alpha value is -6.31. The summed E-state index contributed by atoms with van der Waals surface area (Å²) in [6.07, 6.45) is -3.29. The Bertz CT molecular complexity index is 2230. The van der Waals surface area contributed by atoms with Crippen molar-refractivity contribution < 1.29 is 51.6 Å². The summed E-state index contributed by atoms with van der Waals surface area (Å²) in [7, 11) is 6.18. The molecule has 3 aromatic heterocycles. The van der Waals surface area contributed by atoms with Crippen molar-refractivity contribution in [3.8, 4) is 23.0 Å². The van der Waals surface area contributed by atoms with Gasteiger partial charge in [-0.1, -0.05) is 19.1 Å². The Morgan fingerprint density at radius 3 is 2.12 bits per heavy atom. The number of anilines is 2. The van der Waals surface area contributed by atoms with Crippen LogP contribution in [-0.4, -0.2) is 112 Å². The molecule has 6 rings (SSSR count). The quantitative estimate of drug-likeness (QED) is 0.0890. The van der Waals surface area contributed by atoms with Gasteiger partial charge in [-0.2, -0.15) is 23.1 Å². The first-order chi connectivity index (χ1) is 28.8. The molecule has 1 aliphatic rings. The normalized spacial score (nSPS) is 17.7. The van der Waals surface area contributed by atoms with Gasteiger partial charge < -0.3 is 53.9 Å². The summed E-state index contributed by atoms with van der Waals surface area (Å²) < 4.78 is 71.1. The van der Waals surface area contributed by atoms with Crippen LogP contribution >= 0.6 is 0 Å². The number of aliphatic hydroxyl groups excluding tert-OH is 1. The number of hydrogen-bond donors (Lipinski definition) is 4. The number of ether oxygens (including phenoxy) is 5. The molecule has 0 aliphatic heterocycles. The summed E-state index contributed by atoms with van der Waals surface area (Å²) in [6, 6.07) is 8.96. The number of aliphatic hydroxyl groups is 1. The molecule has 20 heteroatoms. The molecule has 3 heterocycles. The highest BCUT2D eigenvalue weighted by molar-refractivity contribution is 5.84. The van der Waals surface area contributed by atoms with E-state index in [1.165, 1.54) is 10.9 Å². The molecule has 0 spiro atoms. The lowest BCUT2D eigenvalue weighted by Crippen LogP contribution is -2.45. The van der Waals surface area contributed by atoms with E-state index in [4.69, 9.17) is 33.7 Å². The van der Waals surface area contributed by atoms with E-state index < -0.39 is 42.3 Å². The summed E-state index contributed by atoms with van der Waals surface area (Å²) in [5.41, 5.74) is 2.89. The Labute approximate surface area is 343 Å². The van der Waals surface area contributed by atoms with Gasteiger partial charge in [0, 0.05) is 44.6 Å². The van der Waals surface area contributed by atoms with Gasteiger partial charge in [0.25, 0.3) is 0 Å². The van der Waals surface area contributed by atoms with Crippen molar-refractivity contribution >= 4 is 34.8 Å². The highest BCUT2D eigenvalue weighted by atomic mass is 19.4. The van der Waals surface area contributed by atoms with Crippen LogP contribution in [0.15, 0.2) is 55.2 Å². The van der Waals surface area contributed by atoms with E-state index in [0.717, 1.165) is 23.4 Å². The van der Waals surface area contributed by atoms with Gasteiger partial charge in [-0.15, -0.1) is 0 Å². The lowest BCUT2D eigenvalue weighted by molar-refractivity contribution is -0.209. The fourth-order valence-corrected chi connectivity index (χ4v) is 7.19. The molecule has 60 heavy (non-hydrogen) atoms. The van der Waals surface area contributed by atoms with Crippen molar-refractivity contribution in [1.82, 2.24) is 34.4 Å². The topological polar surface area (TPSA) is 198 Å². The van der Waals surface area contributed by atoms with Crippen molar-refractivity contribution in [2.45, 2.75) is 76.0 Å². The average Bonchev–Trinajstić information content (AvgIpc) is 3.97. The van der Waals surface area contributed by atoms with Crippen molar-refractivity contribution in [2.24, 2.45) is 0 Å². The van der Waals surface area contributed by atoms with Gasteiger partial charge in [0.15, 0.2) is 46.1 Å². The number of carbonyl (C=O) groups is 2. The number of alkyl halides is 3. The van der Waals surface area contributed by atoms with Gasteiger partial charge in [-0.05, 0) is 48.7 Å². The molecule has 4 atom stereocenters. The van der Waals surface area contributed by atoms with E-state index in [0.29, 0.717) is 36.0 Å². The number of rotatable bonds is 18. The number of amides is 1. The van der Waals surface area contributed by atoms with E-state index in [1.807, 2.05) is 42.0 Å². The van der Waals surface area contributed by atoms with Gasteiger partial charge in [0.2, 0.25) is 11.9 Å². The van der Waals surface area contributed by atoms with Crippen LogP contribution in [0.4, 0.5) is 24.9 Å². The number of esters is 1. The van der Waals surface area contributed by atoms with Crippen molar-refractivity contribution in [1.29, 1.82) is 0 Å². The second kappa shape index (κ2) is 18.7. The molecule has 4 N–H and O–H groups in total. The molecule has 322 valence electrons. The van der Waals surface area contributed by atoms with E-state index in [1.54, 1.807) is 53.8 Å². The monoisotopic (exact) mass is 839 g/mol. The van der Waals surface area contributed by atoms with E-state index in [-0.39, 0.29) is 48.2 Å². The summed E-state index contributed by atoms with van der Waals surface area (Å²) in [5, 5.41) is 20.5. The minimum atomic E-state index is -5.34. The maximum absolute atomic E-state index is 13.5. The zero-order valence-corrected chi connectivity index (χ0v) is 33.9. The standard InChI is InChI=1S/C40H48F3N9O8/c1-7-32(53)48-26-17-27(35(34(26)54)60-38(55)40(41,42)43)52-21-47-33-36(49-39(50-37(33)52)44-14-13-24-19-51(8-2)20-46-24)45-18-25(22-9-11-28(56-3)30(15-22)58-5)23-10-12-29(57-4)31(16-23)59-6/h9-12,15-16,19-21,25-27,34-35,54H,7-8,13-14,17-18H2,1-6H3,(H,48,53)(H2,44,45,49,50)/t26-,27+,34+,35-/m0/s1. The predicted molar refractivity (Wildman–Crippen MR) is 213 cm³/mol. The lowest BCUT2D eigenvalue weighted by atomic mass is 9.90. The number of aryl methyl sites for hydroxylation is 1. The van der Waals surface area contributed by atoms with Crippen molar-refractivity contribution in [2.75, 3.05) is 52.2 Å². The predicted octanol–water partition coefficient (Wildman–Crippen LogP) is 4.65. The molecule has 17 nitrogen and oxygen atoms in total. The number of halogens is 3. The number of carbonyl (C=O) groups excluding carboxylic acids is 2. The average molecular weight is 840 g/mol. The third-order valence-electron chi connectivity index (χ3n) is 10.4. The first kappa shape index (κ1) is 43.3. The zero-order valence-electron chi connectivity index (χ0n) is 33.9. The number of imidazole rings is 2. The smallest absolute Gasteiger partial charge is 0.490 e. The van der Waals surface area contributed by atoms with Crippen molar-refractivity contribution in [3.63, 3.8) is 0 Å². The Morgan fingerprint density at radius 2 is 1.55 bits per heavy atom. The molecule has 1 fully saturated rings. The first-order valence-corrected chi connectivity index (χ1v) is 19.2. The van der Waals surface area contributed by atoms with E-state index >= 15 is 0 Å². The van der Waals surface area contributed by atoms with E-state index in [9.17, 15) is 27.9 Å². The number of aromatic nitrogens is 6. The minimum Gasteiger partial charge on any atom is -0.493 e. The fourth-order valence-electron chi connectivity index (χ4n) is 7.19. The number of fused-ring (bicyclic) bond motifs is 1. The minimum absolute atomic E-state index is 0.0540. The molecule has 0 bridgehead atoms. The van der Waals surface area contributed by atoms with Crippen LogP contribution in [0.25, 0.3) is 11.2 Å². The van der Waals surface area contributed by atoms with Gasteiger partial charge in [-0.25, -0.2) is 14.8 Å². The van der Waals surface area contributed by atoms with Gasteiger partial charge in [0.05, 0.1) is 58.9 Å². The highest BCUT2D eigenvalue weighted by Crippen LogP contribution is 2.39. The van der Waals surface area contributed by atoms with Crippen LogP contribution < -0.4 is 34.9 Å². The Kier molecular flexibility index (Phi) is 13.5. The zero-order chi connectivity index (χ0) is 43.1. The summed E-state index contributed by atoms with van der Waals surface area (Å²) in [4.78, 5) is 43.1. The lowest BCUT2D eigenvalue weighted by Gasteiger charge is -2.24. The maximum atomic E-state index is 13.5. The third-order valence-corrected chi connectivity index (χ3v) is 10.4.